The van der Waals surface area contributed by atoms with E-state index in [0.29, 0.717) is 5.69 Å². The Morgan fingerprint density at radius 3 is 2.65 bits per heavy atom. The van der Waals surface area contributed by atoms with E-state index in [4.69, 9.17) is 4.74 Å². The Morgan fingerprint density at radius 2 is 1.96 bits per heavy atom. The lowest BCUT2D eigenvalue weighted by molar-refractivity contribution is -0.144. The molecule has 0 amide bonds. The molecule has 1 heterocycles. The van der Waals surface area contributed by atoms with Gasteiger partial charge in [0.15, 0.2) is 0 Å². The number of sulfonamides is 1. The topological polar surface area (TPSA) is 83.9 Å². The number of aryl methyl sites for hydroxylation is 1. The van der Waals surface area contributed by atoms with Gasteiger partial charge in [-0.15, -0.1) is 0 Å². The summed E-state index contributed by atoms with van der Waals surface area (Å²) in [5, 5.41) is 9.22. The van der Waals surface area contributed by atoms with Crippen molar-refractivity contribution in [1.82, 2.24) is 0 Å². The summed E-state index contributed by atoms with van der Waals surface area (Å²) in [5.41, 5.74) is 1.15. The van der Waals surface area contributed by atoms with Gasteiger partial charge < -0.3 is 9.84 Å². The van der Waals surface area contributed by atoms with Gasteiger partial charge in [0.05, 0.1) is 17.1 Å². The molecule has 1 unspecified atom stereocenters. The standard InChI is InChI=1S/C16H15NO5S/c1-11-5-4-6-12(9-11)23(20,21)17-10-15(16(18)19)22-14-8-3-2-7-13(14)17/h2-9,15H,10H2,1H3,(H,18,19). The first-order chi connectivity index (χ1) is 10.9. The fraction of sp³-hybridized carbons (Fsp3) is 0.188. The SMILES string of the molecule is Cc1cccc(S(=O)(=O)N2CC(C(=O)O)Oc3ccccc32)c1. The van der Waals surface area contributed by atoms with E-state index in [0.717, 1.165) is 9.87 Å². The molecule has 3 rings (SSSR count). The summed E-state index contributed by atoms with van der Waals surface area (Å²) >= 11 is 0. The highest BCUT2D eigenvalue weighted by Crippen LogP contribution is 2.36. The quantitative estimate of drug-likeness (QED) is 0.929. The van der Waals surface area contributed by atoms with Crippen LogP contribution in [-0.4, -0.2) is 32.1 Å². The Kier molecular flexibility index (Phi) is 3.73. The summed E-state index contributed by atoms with van der Waals surface area (Å²) in [5.74, 6) is -0.966. The summed E-state index contributed by atoms with van der Waals surface area (Å²) in [4.78, 5) is 11.4. The van der Waals surface area contributed by atoms with Crippen molar-refractivity contribution in [1.29, 1.82) is 0 Å². The fourth-order valence-electron chi connectivity index (χ4n) is 2.46. The van der Waals surface area contributed by atoms with Crippen LogP contribution in [0.2, 0.25) is 0 Å². The molecule has 7 heteroatoms. The first-order valence-electron chi connectivity index (χ1n) is 6.97. The fourth-order valence-corrected chi connectivity index (χ4v) is 4.04. The van der Waals surface area contributed by atoms with Crippen molar-refractivity contribution in [2.45, 2.75) is 17.9 Å². The number of ether oxygens (including phenoxy) is 1. The molecular weight excluding hydrogens is 318 g/mol. The van der Waals surface area contributed by atoms with Crippen LogP contribution >= 0.6 is 0 Å². The zero-order valence-electron chi connectivity index (χ0n) is 12.3. The second-order valence-corrected chi connectivity index (χ2v) is 7.13. The molecular formula is C16H15NO5S. The Hall–Kier alpha value is -2.54. The monoisotopic (exact) mass is 333 g/mol. The normalized spacial score (nSPS) is 17.3. The average molecular weight is 333 g/mol. The zero-order valence-corrected chi connectivity index (χ0v) is 13.2. The molecule has 2 aromatic rings. The molecule has 23 heavy (non-hydrogen) atoms. The van der Waals surface area contributed by atoms with E-state index in [2.05, 4.69) is 0 Å². The first kappa shape index (κ1) is 15.4. The molecule has 0 saturated carbocycles. The van der Waals surface area contributed by atoms with Crippen LogP contribution in [0, 0.1) is 6.92 Å². The molecule has 0 bridgehead atoms. The number of hydrogen-bond donors (Lipinski definition) is 1. The van der Waals surface area contributed by atoms with E-state index in [1.807, 2.05) is 0 Å². The highest BCUT2D eigenvalue weighted by molar-refractivity contribution is 7.92. The van der Waals surface area contributed by atoms with E-state index >= 15 is 0 Å². The molecule has 1 atom stereocenters. The van der Waals surface area contributed by atoms with Gasteiger partial charge in [-0.2, -0.15) is 0 Å². The van der Waals surface area contributed by atoms with Gasteiger partial charge in [0.1, 0.15) is 5.75 Å². The molecule has 0 fully saturated rings. The maximum Gasteiger partial charge on any atom is 0.346 e. The summed E-state index contributed by atoms with van der Waals surface area (Å²) < 4.78 is 32.4. The van der Waals surface area contributed by atoms with Crippen molar-refractivity contribution < 1.29 is 23.1 Å². The van der Waals surface area contributed by atoms with Gasteiger partial charge in [-0.25, -0.2) is 13.2 Å². The lowest BCUT2D eigenvalue weighted by Crippen LogP contribution is -2.47. The van der Waals surface area contributed by atoms with Crippen LogP contribution in [0.5, 0.6) is 5.75 Å². The molecule has 0 aromatic heterocycles. The number of fused-ring (bicyclic) bond motifs is 1. The smallest absolute Gasteiger partial charge is 0.346 e. The highest BCUT2D eigenvalue weighted by Gasteiger charge is 2.37. The van der Waals surface area contributed by atoms with Crippen LogP contribution in [-0.2, 0) is 14.8 Å². The molecule has 1 aliphatic heterocycles. The van der Waals surface area contributed by atoms with E-state index in [1.54, 1.807) is 49.4 Å². The predicted octanol–water partition coefficient (Wildman–Crippen LogP) is 2.04. The second-order valence-electron chi connectivity index (χ2n) is 5.27. The number of carbonyl (C=O) groups is 1. The van der Waals surface area contributed by atoms with Gasteiger partial charge in [-0.05, 0) is 36.8 Å². The van der Waals surface area contributed by atoms with Crippen LogP contribution in [0.1, 0.15) is 5.56 Å². The molecule has 0 spiro atoms. The van der Waals surface area contributed by atoms with Gasteiger partial charge in [0.25, 0.3) is 10.0 Å². The van der Waals surface area contributed by atoms with E-state index in [9.17, 15) is 18.3 Å². The Balaban J connectivity index is 2.12. The minimum Gasteiger partial charge on any atom is -0.478 e. The Labute approximate surface area is 134 Å². The number of nitrogens with zero attached hydrogens (tertiary/aromatic N) is 1. The summed E-state index contributed by atoms with van der Waals surface area (Å²) in [6.45, 7) is 1.52. The molecule has 6 nitrogen and oxygen atoms in total. The average Bonchev–Trinajstić information content (AvgIpc) is 2.53. The minimum absolute atomic E-state index is 0.123. The summed E-state index contributed by atoms with van der Waals surface area (Å²) in [6.07, 6.45) is -1.25. The maximum absolute atomic E-state index is 12.9. The van der Waals surface area contributed by atoms with Crippen LogP contribution in [0.4, 0.5) is 5.69 Å². The van der Waals surface area contributed by atoms with E-state index < -0.39 is 22.1 Å². The van der Waals surface area contributed by atoms with Gasteiger partial charge in [-0.3, -0.25) is 4.31 Å². The van der Waals surface area contributed by atoms with Gasteiger partial charge in [0, 0.05) is 0 Å². The third-order valence-electron chi connectivity index (χ3n) is 3.59. The first-order valence-corrected chi connectivity index (χ1v) is 8.41. The van der Waals surface area contributed by atoms with Crippen LogP contribution in [0.3, 0.4) is 0 Å². The van der Waals surface area contributed by atoms with Crippen molar-refractivity contribution >= 4 is 21.7 Å². The van der Waals surface area contributed by atoms with Gasteiger partial charge in [0.2, 0.25) is 6.10 Å². The lowest BCUT2D eigenvalue weighted by Gasteiger charge is -2.33. The number of hydrogen-bond acceptors (Lipinski definition) is 4. The van der Waals surface area contributed by atoms with Crippen molar-refractivity contribution in [3.05, 3.63) is 54.1 Å². The largest absolute Gasteiger partial charge is 0.478 e. The Morgan fingerprint density at radius 1 is 1.22 bits per heavy atom. The molecule has 2 aromatic carbocycles. The molecule has 120 valence electrons. The highest BCUT2D eigenvalue weighted by atomic mass is 32.2. The maximum atomic E-state index is 12.9. The summed E-state index contributed by atoms with van der Waals surface area (Å²) in [7, 11) is -3.87. The van der Waals surface area contributed by atoms with E-state index in [1.165, 1.54) is 6.07 Å². The Bertz CT molecular complexity index is 862. The molecule has 0 aliphatic carbocycles. The number of aliphatic carboxylic acids is 1. The molecule has 0 radical (unpaired) electrons. The van der Waals surface area contributed by atoms with Crippen molar-refractivity contribution in [2.75, 3.05) is 10.8 Å². The summed E-state index contributed by atoms with van der Waals surface area (Å²) in [6, 6.07) is 13.0. The zero-order chi connectivity index (χ0) is 16.6. The minimum atomic E-state index is -3.87. The van der Waals surface area contributed by atoms with Crippen molar-refractivity contribution in [3.63, 3.8) is 0 Å². The van der Waals surface area contributed by atoms with E-state index in [-0.39, 0.29) is 17.2 Å². The van der Waals surface area contributed by atoms with Gasteiger partial charge >= 0.3 is 5.97 Å². The number of rotatable bonds is 3. The predicted molar refractivity (Wildman–Crippen MR) is 84.2 cm³/mol. The molecule has 1 aliphatic rings. The number of carboxylic acid groups (broad SMARTS) is 1. The van der Waals surface area contributed by atoms with Crippen LogP contribution in [0.15, 0.2) is 53.4 Å². The molecule has 0 saturated heterocycles. The lowest BCUT2D eigenvalue weighted by atomic mass is 10.2. The number of para-hydroxylation sites is 2. The van der Waals surface area contributed by atoms with Crippen LogP contribution < -0.4 is 9.04 Å². The van der Waals surface area contributed by atoms with Crippen molar-refractivity contribution in [2.24, 2.45) is 0 Å². The molecule has 1 N–H and O–H groups in total. The second kappa shape index (κ2) is 5.58. The van der Waals surface area contributed by atoms with Gasteiger partial charge in [-0.1, -0.05) is 24.3 Å². The van der Waals surface area contributed by atoms with Crippen LogP contribution in [0.25, 0.3) is 0 Å². The van der Waals surface area contributed by atoms with Crippen molar-refractivity contribution in [3.8, 4) is 5.75 Å². The number of anilines is 1. The number of carboxylic acids is 1. The number of benzene rings is 2. The third kappa shape index (κ3) is 2.75. The third-order valence-corrected chi connectivity index (χ3v) is 5.36.